The standard InChI is InChI=1S/C23H24F3N7O/c1-3-34-23-30-20(27)19-22(31-23)33(21(29-19)16-8-17(24)10-28-9-16)12-15-6-4-14(5-7-15)11-32(2)13-18(25)26/h4-10,18H,3,11-13H2,1-2H3,(H2,27,30,31). The molecule has 2 N–H and O–H groups in total. The van der Waals surface area contributed by atoms with Crippen molar-refractivity contribution in [3.63, 3.8) is 0 Å². The molecule has 0 aliphatic heterocycles. The Kier molecular flexibility index (Phi) is 6.92. The van der Waals surface area contributed by atoms with E-state index in [1.807, 2.05) is 31.2 Å². The summed E-state index contributed by atoms with van der Waals surface area (Å²) >= 11 is 0. The third kappa shape index (κ3) is 5.25. The maximum absolute atomic E-state index is 13.9. The first kappa shape index (κ1) is 23.4. The molecule has 0 saturated carbocycles. The van der Waals surface area contributed by atoms with E-state index in [2.05, 4.69) is 19.9 Å². The van der Waals surface area contributed by atoms with Crippen LogP contribution in [0.2, 0.25) is 0 Å². The van der Waals surface area contributed by atoms with Crippen LogP contribution in [0.3, 0.4) is 0 Å². The summed E-state index contributed by atoms with van der Waals surface area (Å²) in [4.78, 5) is 18.7. The van der Waals surface area contributed by atoms with Crippen LogP contribution in [0.1, 0.15) is 18.1 Å². The van der Waals surface area contributed by atoms with Gasteiger partial charge in [0.1, 0.15) is 11.6 Å². The number of fused-ring (bicyclic) bond motifs is 1. The minimum atomic E-state index is -2.38. The van der Waals surface area contributed by atoms with E-state index in [0.29, 0.717) is 42.2 Å². The molecule has 4 aromatic rings. The number of nitrogens with two attached hydrogens (primary N) is 1. The van der Waals surface area contributed by atoms with E-state index in [-0.39, 0.29) is 18.4 Å². The number of nitrogen functional groups attached to an aromatic ring is 1. The summed E-state index contributed by atoms with van der Waals surface area (Å²) in [7, 11) is 1.65. The summed E-state index contributed by atoms with van der Waals surface area (Å²) in [5.74, 6) is 0.0788. The molecule has 0 saturated heterocycles. The molecule has 3 aromatic heterocycles. The number of alkyl halides is 2. The second-order valence-corrected chi connectivity index (χ2v) is 7.81. The Bertz CT molecular complexity index is 1280. The zero-order valence-electron chi connectivity index (χ0n) is 18.8. The first-order valence-corrected chi connectivity index (χ1v) is 10.7. The molecule has 0 bridgehead atoms. The summed E-state index contributed by atoms with van der Waals surface area (Å²) in [5.41, 5.74) is 9.19. The van der Waals surface area contributed by atoms with Crippen LogP contribution >= 0.6 is 0 Å². The van der Waals surface area contributed by atoms with Crippen molar-refractivity contribution in [1.82, 2.24) is 29.4 Å². The molecule has 0 atom stereocenters. The molecule has 3 heterocycles. The fraction of sp³-hybridized carbons (Fsp3) is 0.304. The average Bonchev–Trinajstić information content (AvgIpc) is 3.14. The first-order chi connectivity index (χ1) is 16.3. The molecule has 0 aliphatic rings. The molecule has 4 rings (SSSR count). The Labute approximate surface area is 194 Å². The largest absolute Gasteiger partial charge is 0.464 e. The van der Waals surface area contributed by atoms with E-state index >= 15 is 0 Å². The number of hydrogen-bond donors (Lipinski definition) is 1. The van der Waals surface area contributed by atoms with Crippen molar-refractivity contribution in [2.45, 2.75) is 26.4 Å². The molecule has 0 unspecified atom stereocenters. The van der Waals surface area contributed by atoms with Crippen LogP contribution in [0.25, 0.3) is 22.6 Å². The number of benzene rings is 1. The van der Waals surface area contributed by atoms with Gasteiger partial charge in [0.15, 0.2) is 17.0 Å². The number of hydrogen-bond acceptors (Lipinski definition) is 7. The Hall–Kier alpha value is -3.73. The van der Waals surface area contributed by atoms with Crippen molar-refractivity contribution < 1.29 is 17.9 Å². The minimum Gasteiger partial charge on any atom is -0.464 e. The number of rotatable bonds is 9. The topological polar surface area (TPSA) is 95.0 Å². The summed E-state index contributed by atoms with van der Waals surface area (Å²) in [6.07, 6.45) is 0.239. The van der Waals surface area contributed by atoms with Crippen molar-refractivity contribution in [1.29, 1.82) is 0 Å². The van der Waals surface area contributed by atoms with Gasteiger partial charge in [0.2, 0.25) is 0 Å². The van der Waals surface area contributed by atoms with Crippen molar-refractivity contribution in [2.75, 3.05) is 25.9 Å². The summed E-state index contributed by atoms with van der Waals surface area (Å²) in [6, 6.07) is 9.02. The van der Waals surface area contributed by atoms with Crippen LogP contribution in [-0.2, 0) is 13.1 Å². The molecule has 11 heteroatoms. The van der Waals surface area contributed by atoms with E-state index < -0.39 is 12.2 Å². The number of halogens is 3. The van der Waals surface area contributed by atoms with Gasteiger partial charge >= 0.3 is 6.01 Å². The Balaban J connectivity index is 1.72. The van der Waals surface area contributed by atoms with Gasteiger partial charge in [0, 0.05) is 18.3 Å². The highest BCUT2D eigenvalue weighted by Gasteiger charge is 2.19. The summed E-state index contributed by atoms with van der Waals surface area (Å²) in [5, 5.41) is 0. The van der Waals surface area contributed by atoms with Gasteiger partial charge in [-0.05, 0) is 31.2 Å². The number of anilines is 1. The van der Waals surface area contributed by atoms with Gasteiger partial charge in [0.05, 0.1) is 25.9 Å². The molecule has 8 nitrogen and oxygen atoms in total. The summed E-state index contributed by atoms with van der Waals surface area (Å²) in [6.45, 7) is 2.63. The van der Waals surface area contributed by atoms with Gasteiger partial charge in [-0.15, -0.1) is 0 Å². The zero-order valence-corrected chi connectivity index (χ0v) is 18.8. The SMILES string of the molecule is CCOc1nc(N)c2nc(-c3cncc(F)c3)n(Cc3ccc(CN(C)CC(F)F)cc3)c2n1. The van der Waals surface area contributed by atoms with Crippen molar-refractivity contribution >= 4 is 17.0 Å². The van der Waals surface area contributed by atoms with Crippen LogP contribution in [0.15, 0.2) is 42.7 Å². The van der Waals surface area contributed by atoms with Gasteiger partial charge in [0.25, 0.3) is 6.43 Å². The predicted octanol–water partition coefficient (Wildman–Crippen LogP) is 3.75. The van der Waals surface area contributed by atoms with E-state index in [9.17, 15) is 13.2 Å². The normalized spacial score (nSPS) is 11.6. The zero-order chi connectivity index (χ0) is 24.2. The highest BCUT2D eigenvalue weighted by molar-refractivity contribution is 5.85. The summed E-state index contributed by atoms with van der Waals surface area (Å²) < 4.78 is 46.3. The minimum absolute atomic E-state index is 0.120. The molecule has 1 aromatic carbocycles. The Morgan fingerprint density at radius 1 is 1.09 bits per heavy atom. The van der Waals surface area contributed by atoms with Gasteiger partial charge in [-0.3, -0.25) is 9.88 Å². The van der Waals surface area contributed by atoms with Crippen molar-refractivity contribution in [2.24, 2.45) is 0 Å². The predicted molar refractivity (Wildman–Crippen MR) is 122 cm³/mol. The van der Waals surface area contributed by atoms with Crippen LogP contribution in [0.4, 0.5) is 19.0 Å². The maximum Gasteiger partial charge on any atom is 0.320 e. The number of nitrogens with zero attached hydrogens (tertiary/aromatic N) is 6. The quantitative estimate of drug-likeness (QED) is 0.397. The third-order valence-corrected chi connectivity index (χ3v) is 5.10. The lowest BCUT2D eigenvalue weighted by Crippen LogP contribution is -2.24. The lowest BCUT2D eigenvalue weighted by atomic mass is 10.1. The molecule has 0 spiro atoms. The molecule has 34 heavy (non-hydrogen) atoms. The number of aromatic nitrogens is 5. The molecule has 0 radical (unpaired) electrons. The highest BCUT2D eigenvalue weighted by atomic mass is 19.3. The molecule has 0 amide bonds. The second-order valence-electron chi connectivity index (χ2n) is 7.81. The van der Waals surface area contributed by atoms with Gasteiger partial charge in [-0.25, -0.2) is 18.2 Å². The highest BCUT2D eigenvalue weighted by Crippen LogP contribution is 2.28. The molecule has 0 fully saturated rings. The molecular weight excluding hydrogens is 447 g/mol. The average molecular weight is 471 g/mol. The molecular formula is C23H24F3N7O. The van der Waals surface area contributed by atoms with E-state index in [1.165, 1.54) is 12.3 Å². The van der Waals surface area contributed by atoms with Crippen molar-refractivity contribution in [3.8, 4) is 17.4 Å². The van der Waals surface area contributed by atoms with Crippen LogP contribution in [-0.4, -0.2) is 56.0 Å². The van der Waals surface area contributed by atoms with E-state index in [0.717, 1.165) is 17.3 Å². The Morgan fingerprint density at radius 2 is 1.82 bits per heavy atom. The van der Waals surface area contributed by atoms with E-state index in [4.69, 9.17) is 10.5 Å². The smallest absolute Gasteiger partial charge is 0.320 e. The van der Waals surface area contributed by atoms with Gasteiger partial charge in [-0.1, -0.05) is 24.3 Å². The number of imidazole rings is 1. The van der Waals surface area contributed by atoms with Crippen molar-refractivity contribution in [3.05, 3.63) is 59.7 Å². The van der Waals surface area contributed by atoms with Crippen LogP contribution < -0.4 is 10.5 Å². The molecule has 0 aliphatic carbocycles. The first-order valence-electron chi connectivity index (χ1n) is 10.7. The fourth-order valence-electron chi connectivity index (χ4n) is 3.64. The van der Waals surface area contributed by atoms with Crippen LogP contribution in [0, 0.1) is 5.82 Å². The number of ether oxygens (including phenoxy) is 1. The lowest BCUT2D eigenvalue weighted by Gasteiger charge is -2.16. The third-order valence-electron chi connectivity index (χ3n) is 5.10. The molecule has 178 valence electrons. The number of pyridine rings is 1. The van der Waals surface area contributed by atoms with E-state index in [1.54, 1.807) is 16.5 Å². The second kappa shape index (κ2) is 10.0. The Morgan fingerprint density at radius 3 is 2.50 bits per heavy atom. The maximum atomic E-state index is 13.9. The fourth-order valence-corrected chi connectivity index (χ4v) is 3.64. The monoisotopic (exact) mass is 471 g/mol. The van der Waals surface area contributed by atoms with Gasteiger partial charge in [-0.2, -0.15) is 9.97 Å². The van der Waals surface area contributed by atoms with Gasteiger partial charge < -0.3 is 15.0 Å². The van der Waals surface area contributed by atoms with Crippen LogP contribution in [0.5, 0.6) is 6.01 Å². The lowest BCUT2D eigenvalue weighted by molar-refractivity contribution is 0.0975.